The highest BCUT2D eigenvalue weighted by atomic mass is 16.2. The van der Waals surface area contributed by atoms with Gasteiger partial charge in [0.2, 0.25) is 0 Å². The molecular formula is C20H25N3O2. The minimum atomic E-state index is -0.133. The molecule has 1 aromatic carbocycles. The zero-order valence-electron chi connectivity index (χ0n) is 15.1. The smallest absolute Gasteiger partial charge is 0.268 e. The highest BCUT2D eigenvalue weighted by Gasteiger charge is 2.24. The number of amides is 1. The Morgan fingerprint density at radius 2 is 1.96 bits per heavy atom. The van der Waals surface area contributed by atoms with Gasteiger partial charge in [-0.2, -0.15) is 0 Å². The number of hydrogen-bond acceptors (Lipinski definition) is 3. The van der Waals surface area contributed by atoms with Crippen LogP contribution in [0.5, 0.6) is 0 Å². The van der Waals surface area contributed by atoms with Gasteiger partial charge in [-0.3, -0.25) is 9.59 Å². The third kappa shape index (κ3) is 3.60. The van der Waals surface area contributed by atoms with E-state index in [9.17, 15) is 9.59 Å². The number of carbonyl (C=O) groups is 2. The van der Waals surface area contributed by atoms with Gasteiger partial charge >= 0.3 is 0 Å². The van der Waals surface area contributed by atoms with Crippen LogP contribution in [0, 0.1) is 19.8 Å². The van der Waals surface area contributed by atoms with Gasteiger partial charge in [0.05, 0.1) is 0 Å². The average Bonchev–Trinajstić information content (AvgIpc) is 3.18. The number of aryl methyl sites for hydroxylation is 1. The highest BCUT2D eigenvalue weighted by Crippen LogP contribution is 2.23. The third-order valence-corrected chi connectivity index (χ3v) is 4.98. The molecule has 132 valence electrons. The van der Waals surface area contributed by atoms with E-state index in [1.54, 1.807) is 0 Å². The molecule has 5 heteroatoms. The van der Waals surface area contributed by atoms with Gasteiger partial charge < -0.3 is 15.2 Å². The lowest BCUT2D eigenvalue weighted by Gasteiger charge is -2.18. The first-order valence-corrected chi connectivity index (χ1v) is 8.75. The molecule has 0 saturated carbocycles. The van der Waals surface area contributed by atoms with Gasteiger partial charge in [-0.15, -0.1) is 0 Å². The number of nitrogens with zero attached hydrogens (tertiary/aromatic N) is 1. The van der Waals surface area contributed by atoms with Crippen molar-refractivity contribution < 1.29 is 9.59 Å². The van der Waals surface area contributed by atoms with Gasteiger partial charge in [0.1, 0.15) is 5.69 Å². The summed E-state index contributed by atoms with van der Waals surface area (Å²) in [6, 6.07) is 10.4. The fraction of sp³-hybridized carbons (Fsp3) is 0.400. The van der Waals surface area contributed by atoms with Crippen molar-refractivity contribution in [2.45, 2.75) is 27.2 Å². The molecule has 1 fully saturated rings. The van der Waals surface area contributed by atoms with Gasteiger partial charge in [0.15, 0.2) is 5.78 Å². The molecule has 2 N–H and O–H groups in total. The molecule has 0 spiro atoms. The number of anilines is 1. The summed E-state index contributed by atoms with van der Waals surface area (Å²) in [5.74, 6) is 0.290. The maximum Gasteiger partial charge on any atom is 0.268 e. The van der Waals surface area contributed by atoms with Crippen LogP contribution in [-0.4, -0.2) is 36.3 Å². The second-order valence-electron chi connectivity index (χ2n) is 6.83. The summed E-state index contributed by atoms with van der Waals surface area (Å²) >= 11 is 0. The molecular weight excluding hydrogens is 314 g/mol. The van der Waals surface area contributed by atoms with Crippen LogP contribution in [0.3, 0.4) is 0 Å². The number of Topliss-reactive ketones (excluding diaryl/α,β-unsaturated/α-hetero) is 1. The topological polar surface area (TPSA) is 65.2 Å². The summed E-state index contributed by atoms with van der Waals surface area (Å²) in [5, 5.41) is 3.03. The Hall–Kier alpha value is -2.56. The number of H-pyrrole nitrogens is 1. The number of nitrogens with one attached hydrogen (secondary N) is 2. The minimum absolute atomic E-state index is 0.0143. The molecule has 2 aromatic rings. The number of para-hydroxylation sites is 1. The van der Waals surface area contributed by atoms with Crippen LogP contribution in [0.2, 0.25) is 0 Å². The van der Waals surface area contributed by atoms with Crippen LogP contribution in [0.25, 0.3) is 0 Å². The van der Waals surface area contributed by atoms with Gasteiger partial charge in [-0.25, -0.2) is 0 Å². The second kappa shape index (κ2) is 7.13. The van der Waals surface area contributed by atoms with E-state index in [1.165, 1.54) is 12.6 Å². The van der Waals surface area contributed by atoms with Crippen LogP contribution in [0.1, 0.15) is 45.4 Å². The molecule has 0 bridgehead atoms. The number of benzene rings is 1. The molecule has 1 amide bonds. The molecule has 3 rings (SSSR count). The number of aromatic amines is 1. The molecule has 5 nitrogen and oxygen atoms in total. The summed E-state index contributed by atoms with van der Waals surface area (Å²) < 4.78 is 0. The van der Waals surface area contributed by atoms with E-state index in [2.05, 4.69) is 27.3 Å². The third-order valence-electron chi connectivity index (χ3n) is 4.98. The van der Waals surface area contributed by atoms with Crippen molar-refractivity contribution in [1.82, 2.24) is 10.3 Å². The Labute approximate surface area is 148 Å². The van der Waals surface area contributed by atoms with E-state index < -0.39 is 0 Å². The Bertz CT molecular complexity index is 780. The number of hydrogen-bond donors (Lipinski definition) is 2. The number of ketones is 1. The van der Waals surface area contributed by atoms with Crippen molar-refractivity contribution in [2.24, 2.45) is 5.92 Å². The summed E-state index contributed by atoms with van der Waals surface area (Å²) in [5.41, 5.74) is 3.85. The summed E-state index contributed by atoms with van der Waals surface area (Å²) in [4.78, 5) is 29.6. The van der Waals surface area contributed by atoms with E-state index in [-0.39, 0.29) is 11.7 Å². The monoisotopic (exact) mass is 339 g/mol. The van der Waals surface area contributed by atoms with Crippen LogP contribution >= 0.6 is 0 Å². The van der Waals surface area contributed by atoms with Crippen molar-refractivity contribution in [3.63, 3.8) is 0 Å². The highest BCUT2D eigenvalue weighted by molar-refractivity contribution is 6.02. The zero-order valence-corrected chi connectivity index (χ0v) is 15.1. The molecule has 1 aliphatic heterocycles. The van der Waals surface area contributed by atoms with E-state index in [1.807, 2.05) is 32.0 Å². The lowest BCUT2D eigenvalue weighted by atomic mass is 10.1. The van der Waals surface area contributed by atoms with Crippen molar-refractivity contribution in [3.8, 4) is 0 Å². The van der Waals surface area contributed by atoms with Crippen molar-refractivity contribution in [2.75, 3.05) is 24.5 Å². The summed E-state index contributed by atoms with van der Waals surface area (Å²) in [6.07, 6.45) is 1.07. The zero-order chi connectivity index (χ0) is 18.0. The fourth-order valence-electron chi connectivity index (χ4n) is 3.70. The lowest BCUT2D eigenvalue weighted by Crippen LogP contribution is -2.31. The van der Waals surface area contributed by atoms with Crippen molar-refractivity contribution in [1.29, 1.82) is 0 Å². The maximum absolute atomic E-state index is 12.5. The molecule has 0 radical (unpaired) electrons. The van der Waals surface area contributed by atoms with E-state index >= 15 is 0 Å². The molecule has 0 aliphatic carbocycles. The number of aromatic nitrogens is 1. The maximum atomic E-state index is 12.5. The Kier molecular flexibility index (Phi) is 4.93. The normalized spacial score (nSPS) is 16.9. The molecule has 1 atom stereocenters. The summed E-state index contributed by atoms with van der Waals surface area (Å²) in [6.45, 7) is 7.79. The Balaban J connectivity index is 1.59. The molecule has 1 saturated heterocycles. The molecule has 2 heterocycles. The quantitative estimate of drug-likeness (QED) is 0.823. The van der Waals surface area contributed by atoms with Crippen LogP contribution in [0.4, 0.5) is 5.69 Å². The molecule has 0 unspecified atom stereocenters. The number of rotatable bonds is 5. The predicted octanol–water partition coefficient (Wildman–Crippen LogP) is 3.09. The predicted molar refractivity (Wildman–Crippen MR) is 99.4 cm³/mol. The SMILES string of the molecule is CC(=O)c1c(C)[nH]c(C(=O)NC[C@@H]2CCN(c3ccccc3)C2)c1C. The second-order valence-corrected chi connectivity index (χ2v) is 6.83. The van der Waals surface area contributed by atoms with Gasteiger partial charge in [-0.1, -0.05) is 18.2 Å². The Morgan fingerprint density at radius 1 is 1.24 bits per heavy atom. The first-order chi connectivity index (χ1) is 12.0. The largest absolute Gasteiger partial charge is 0.371 e. The average molecular weight is 339 g/mol. The first-order valence-electron chi connectivity index (χ1n) is 8.75. The molecule has 25 heavy (non-hydrogen) atoms. The first kappa shape index (κ1) is 17.3. The van der Waals surface area contributed by atoms with Gasteiger partial charge in [-0.05, 0) is 50.8 Å². The molecule has 1 aromatic heterocycles. The van der Waals surface area contributed by atoms with Crippen molar-refractivity contribution >= 4 is 17.4 Å². The lowest BCUT2D eigenvalue weighted by molar-refractivity contribution is 0.0943. The number of carbonyl (C=O) groups excluding carboxylic acids is 2. The van der Waals surface area contributed by atoms with E-state index in [0.717, 1.165) is 30.8 Å². The van der Waals surface area contributed by atoms with Crippen LogP contribution < -0.4 is 10.2 Å². The van der Waals surface area contributed by atoms with E-state index in [4.69, 9.17) is 0 Å². The van der Waals surface area contributed by atoms with Crippen LogP contribution in [-0.2, 0) is 0 Å². The van der Waals surface area contributed by atoms with Crippen molar-refractivity contribution in [3.05, 3.63) is 52.8 Å². The van der Waals surface area contributed by atoms with Gasteiger partial charge in [0.25, 0.3) is 5.91 Å². The van der Waals surface area contributed by atoms with Gasteiger partial charge in [0, 0.05) is 36.6 Å². The van der Waals surface area contributed by atoms with E-state index in [0.29, 0.717) is 23.7 Å². The fourth-order valence-corrected chi connectivity index (χ4v) is 3.70. The van der Waals surface area contributed by atoms with Crippen LogP contribution in [0.15, 0.2) is 30.3 Å². The Morgan fingerprint density at radius 3 is 2.60 bits per heavy atom. The standard InChI is InChI=1S/C20H25N3O2/c1-13-18(15(3)24)14(2)22-19(13)20(25)21-11-16-9-10-23(12-16)17-7-5-4-6-8-17/h4-8,16,22H,9-12H2,1-3H3,(H,21,25)/t16-/m0/s1. The molecule has 1 aliphatic rings. The minimum Gasteiger partial charge on any atom is -0.371 e. The summed E-state index contributed by atoms with van der Waals surface area (Å²) in [7, 11) is 0.